The van der Waals surface area contributed by atoms with E-state index in [1.54, 1.807) is 0 Å². The number of hydrogen-bond acceptors (Lipinski definition) is 18. The molecule has 4 rings (SSSR count). The molecule has 3 aliphatic rings. The van der Waals surface area contributed by atoms with Crippen LogP contribution in [0.2, 0.25) is 0 Å². The Kier molecular flexibility index (Phi) is 13.8. The molecule has 1 aromatic rings. The van der Waals surface area contributed by atoms with Crippen molar-refractivity contribution in [2.75, 3.05) is 19.4 Å². The maximum Gasteiger partial charge on any atom is 0.339 e. The number of likely N-dealkylation sites (N-methyl/N-ethyl adjacent to an activating group) is 1. The van der Waals surface area contributed by atoms with Crippen molar-refractivity contribution in [1.82, 2.24) is 5.32 Å². The van der Waals surface area contributed by atoms with Crippen LogP contribution in [0.1, 0.15) is 17.3 Å². The van der Waals surface area contributed by atoms with Gasteiger partial charge in [0.15, 0.2) is 36.4 Å². The Balaban J connectivity index is 0.000000542. The minimum atomic E-state index is -2.38. The van der Waals surface area contributed by atoms with Crippen molar-refractivity contribution in [3.63, 3.8) is 0 Å². The van der Waals surface area contributed by atoms with E-state index in [2.05, 4.69) is 15.3 Å². The van der Waals surface area contributed by atoms with Gasteiger partial charge in [-0.25, -0.2) is 14.8 Å². The third kappa shape index (κ3) is 8.91. The molecule has 15 atom stereocenters. The highest BCUT2D eigenvalue weighted by Crippen LogP contribution is 2.38. The summed E-state index contributed by atoms with van der Waals surface area (Å²) >= 11 is 0. The van der Waals surface area contributed by atoms with E-state index in [1.807, 2.05) is 0 Å². The van der Waals surface area contributed by atoms with Crippen LogP contribution in [0.5, 0.6) is 5.75 Å². The van der Waals surface area contributed by atoms with Crippen molar-refractivity contribution in [3.05, 3.63) is 23.8 Å². The number of aliphatic hydroxyl groups excluding tert-OH is 6. The van der Waals surface area contributed by atoms with Crippen molar-refractivity contribution in [2.24, 2.45) is 32.9 Å². The van der Waals surface area contributed by atoms with Crippen LogP contribution in [-0.2, 0) is 23.7 Å². The van der Waals surface area contributed by atoms with Gasteiger partial charge in [0.25, 0.3) is 0 Å². The average molecular weight is 735 g/mol. The number of carboxylic acid groups (broad SMARTS) is 1. The molecule has 20 N–H and O–H groups in total. The second-order valence-corrected chi connectivity index (χ2v) is 12.0. The number of carboxylic acids is 1. The van der Waals surface area contributed by atoms with Crippen molar-refractivity contribution >= 4 is 29.9 Å². The number of nitrogens with zero attached hydrogens (tertiary/aromatic N) is 2. The number of guanidine groups is 2. The summed E-state index contributed by atoms with van der Waals surface area (Å²) in [6.07, 6.45) is -17.3. The Hall–Kier alpha value is -3.98. The number of nitrogens with one attached hydrogen (secondary N) is 1. The summed E-state index contributed by atoms with van der Waals surface area (Å²) in [5, 5.41) is 94.1. The van der Waals surface area contributed by atoms with E-state index in [9.17, 15) is 45.3 Å². The number of rotatable bonds is 10. The summed E-state index contributed by atoms with van der Waals surface area (Å²) in [5.41, 5.74) is 24.9. The highest BCUT2D eigenvalue weighted by atomic mass is 16.8. The molecule has 2 saturated heterocycles. The monoisotopic (exact) mass is 734 g/mol. The summed E-state index contributed by atoms with van der Waals surface area (Å²) < 4.78 is 22.9. The highest BCUT2D eigenvalue weighted by molar-refractivity contribution is 5.91. The number of hydrogen-bond donors (Lipinski definition) is 15. The van der Waals surface area contributed by atoms with Gasteiger partial charge in [-0.15, -0.1) is 0 Å². The van der Waals surface area contributed by atoms with Crippen LogP contribution < -0.4 is 34.0 Å². The Morgan fingerprint density at radius 1 is 0.941 bits per heavy atom. The number of carbonyl (C=O) groups is 2. The van der Waals surface area contributed by atoms with E-state index in [4.69, 9.17) is 57.8 Å². The maximum atomic E-state index is 12.1. The zero-order valence-electron chi connectivity index (χ0n) is 27.4. The van der Waals surface area contributed by atoms with Gasteiger partial charge in [-0.2, -0.15) is 0 Å². The molecule has 23 heteroatoms. The highest BCUT2D eigenvalue weighted by Gasteiger charge is 2.60. The van der Waals surface area contributed by atoms with Crippen LogP contribution in [0, 0.1) is 0 Å². The fourth-order valence-corrected chi connectivity index (χ4v) is 5.81. The molecule has 0 amide bonds. The molecule has 0 spiro atoms. The first-order chi connectivity index (χ1) is 23.8. The number of phenols is 1. The van der Waals surface area contributed by atoms with Crippen molar-refractivity contribution in [3.8, 4) is 5.75 Å². The van der Waals surface area contributed by atoms with Crippen LogP contribution in [0.4, 0.5) is 5.69 Å². The Morgan fingerprint density at radius 2 is 1.55 bits per heavy atom. The van der Waals surface area contributed by atoms with E-state index < -0.39 is 116 Å². The van der Waals surface area contributed by atoms with Crippen LogP contribution >= 0.6 is 0 Å². The number of ether oxygens (including phenoxy) is 4. The molecule has 23 nitrogen and oxygen atoms in total. The first-order valence-electron chi connectivity index (χ1n) is 15.3. The van der Waals surface area contributed by atoms with Gasteiger partial charge in [0.1, 0.15) is 72.2 Å². The van der Waals surface area contributed by atoms with Crippen LogP contribution in [-0.4, -0.2) is 175 Å². The van der Waals surface area contributed by atoms with Crippen LogP contribution in [0.3, 0.4) is 0 Å². The summed E-state index contributed by atoms with van der Waals surface area (Å²) in [4.78, 5) is 30.0. The molecule has 0 unspecified atom stereocenters. The lowest BCUT2D eigenvalue weighted by Gasteiger charge is -2.45. The van der Waals surface area contributed by atoms with Gasteiger partial charge >= 0.3 is 5.97 Å². The van der Waals surface area contributed by atoms with Crippen LogP contribution in [0.25, 0.3) is 0 Å². The summed E-state index contributed by atoms with van der Waals surface area (Å²) in [7, 11) is 1.42. The number of nitrogens with two attached hydrogens (primary N) is 5. The zero-order chi connectivity index (χ0) is 38.5. The van der Waals surface area contributed by atoms with Crippen molar-refractivity contribution in [1.29, 1.82) is 0 Å². The third-order valence-corrected chi connectivity index (χ3v) is 8.59. The minimum Gasteiger partial charge on any atom is -0.507 e. The first kappa shape index (κ1) is 41.4. The molecule has 1 saturated carbocycles. The van der Waals surface area contributed by atoms with Crippen molar-refractivity contribution < 1.29 is 74.5 Å². The molecule has 0 bridgehead atoms. The fraction of sp³-hybridized carbons (Fsp3) is 0.643. The molecule has 1 aromatic carbocycles. The van der Waals surface area contributed by atoms with Gasteiger partial charge < -0.3 is 98.9 Å². The molecule has 1 aliphatic carbocycles. The number of aliphatic hydroxyl groups is 7. The van der Waals surface area contributed by atoms with E-state index in [-0.39, 0.29) is 17.6 Å². The zero-order valence-corrected chi connectivity index (χ0v) is 27.4. The van der Waals surface area contributed by atoms with Gasteiger partial charge in [-0.3, -0.25) is 4.79 Å². The Bertz CT molecular complexity index is 1420. The molecular weight excluding hydrogens is 688 g/mol. The largest absolute Gasteiger partial charge is 0.507 e. The number of anilines is 1. The number of aromatic hydroxyl groups is 1. The summed E-state index contributed by atoms with van der Waals surface area (Å²) in [6, 6.07) is -0.207. The molecule has 0 radical (unpaired) electrons. The molecule has 288 valence electrons. The average Bonchev–Trinajstić information content (AvgIpc) is 3.29. The van der Waals surface area contributed by atoms with Crippen molar-refractivity contribution in [2.45, 2.75) is 98.2 Å². The van der Waals surface area contributed by atoms with E-state index in [0.29, 0.717) is 5.69 Å². The van der Waals surface area contributed by atoms with Gasteiger partial charge in [0.05, 0.1) is 18.8 Å². The molecule has 51 heavy (non-hydrogen) atoms. The topological polar surface area (TPSA) is 420 Å². The summed E-state index contributed by atoms with van der Waals surface area (Å²) in [5.74, 6) is -2.51. The molecule has 2 heterocycles. The Labute approximate surface area is 289 Å². The predicted octanol–water partition coefficient (Wildman–Crippen LogP) is -7.49. The maximum absolute atomic E-state index is 12.1. The van der Waals surface area contributed by atoms with Gasteiger partial charge in [0.2, 0.25) is 0 Å². The lowest BCUT2D eigenvalue weighted by atomic mass is 9.81. The normalized spacial score (nSPS) is 39.2. The Morgan fingerprint density at radius 3 is 2.06 bits per heavy atom. The predicted molar refractivity (Wildman–Crippen MR) is 172 cm³/mol. The van der Waals surface area contributed by atoms with Gasteiger partial charge in [-0.1, -0.05) is 0 Å². The summed E-state index contributed by atoms with van der Waals surface area (Å²) in [6.45, 7) is 0.620. The number of nitrogen functional groups attached to an aromatic ring is 1. The van der Waals surface area contributed by atoms with E-state index in [0.717, 1.165) is 0 Å². The smallest absolute Gasteiger partial charge is 0.339 e. The molecular formula is C28H46N8O15. The lowest BCUT2D eigenvalue weighted by molar-refractivity contribution is -0.314. The number of aldehydes is 1. The van der Waals surface area contributed by atoms with Gasteiger partial charge in [-0.05, 0) is 26.1 Å². The van der Waals surface area contributed by atoms with Crippen LogP contribution in [0.15, 0.2) is 28.2 Å². The quantitative estimate of drug-likeness (QED) is 0.0459. The minimum absolute atomic E-state index is 0.140. The van der Waals surface area contributed by atoms with E-state index in [1.165, 1.54) is 32.2 Å². The second kappa shape index (κ2) is 17.0. The third-order valence-electron chi connectivity index (χ3n) is 8.59. The standard InChI is InChI=1S/C21H39N7O12.C7H7NO3/c1-5-21(36,4-30)16(40-17-9(26-2)13(34)10(31)6(3-29)38-17)18(37-5)39-15-8(28-20(24)25)11(32)7(27-19(22)23)12(33)14(15)35;8-4-1-2-5(7(10)11)6(9)3-4/h4-18,26,29,31-36H,3H2,1-2H3,(H4,22,23,27)(H4,24,25,28);1-3,9H,8H2,(H,10,11)/t5-,6-,7+,8-,9-,10-,11+,12-,13-,14+,15+,16-,17-,18-,21+;/m0./s1. The molecule has 2 aliphatic heterocycles. The second-order valence-electron chi connectivity index (χ2n) is 12.0. The first-order valence-corrected chi connectivity index (χ1v) is 15.3. The molecule has 0 aromatic heterocycles. The fourth-order valence-electron chi connectivity index (χ4n) is 5.81. The number of aliphatic imine (C=N–C) groups is 2. The number of carbonyl (C=O) groups excluding carboxylic acids is 1. The number of benzene rings is 1. The van der Waals surface area contributed by atoms with Gasteiger partial charge in [0, 0.05) is 11.8 Å². The van der Waals surface area contributed by atoms with E-state index >= 15 is 0 Å². The number of aromatic carboxylic acids is 1. The lowest BCUT2D eigenvalue weighted by Crippen LogP contribution is -2.66. The SMILES string of the molecule is CN[C@@H]1[C@H](O[C@H]2[C@H](O[C@H]3[C@H](O)[C@@H](O)[C@H](N=C(N)N)[C@@H](O)[C@@H]3N=C(N)N)O[C@@H](C)[C@]2(O)C=O)O[C@@H](CO)[C@H](O)[C@H]1O.Nc1ccc(C(=O)O)c(O)c1. The molecule has 3 fully saturated rings.